The molecule has 0 aromatic heterocycles. The third-order valence-corrected chi connectivity index (χ3v) is 21.5. The van der Waals surface area contributed by atoms with E-state index in [-0.39, 0.29) is 51.2 Å². The van der Waals surface area contributed by atoms with Crippen LogP contribution in [-0.2, 0) is 19.5 Å². The number of rotatable bonds is 12. The Labute approximate surface area is 283 Å². The van der Waals surface area contributed by atoms with Crippen LogP contribution in [0.4, 0.5) is 0 Å². The maximum Gasteiger partial charge on any atom is 0 e. The zero-order chi connectivity index (χ0) is 33.2. The van der Waals surface area contributed by atoms with Gasteiger partial charge in [0, 0.05) is 19.5 Å². The topological polar surface area (TPSA) is 0 Å². The SMILES string of the molecule is CC(C)P(C(C)C)C(C)C.CC(C)P(C(C)C)C(C)C.CC(C)P(C(C)C)C(C)C.CC(C)P(C(C)C)C(C)C.[Ru]. The summed E-state index contributed by atoms with van der Waals surface area (Å²) in [6.07, 6.45) is 0. The van der Waals surface area contributed by atoms with Gasteiger partial charge in [0.1, 0.15) is 0 Å². The Balaban J connectivity index is -0.000000139. The molecular weight excluding hydrogens is 657 g/mol. The van der Waals surface area contributed by atoms with E-state index in [1.165, 1.54) is 0 Å². The maximum atomic E-state index is 2.35. The fraction of sp³-hybridized carbons (Fsp3) is 1.00. The van der Waals surface area contributed by atoms with Crippen LogP contribution < -0.4 is 0 Å². The van der Waals surface area contributed by atoms with Gasteiger partial charge in [-0.2, -0.15) is 0 Å². The molecule has 0 aromatic carbocycles. The third kappa shape index (κ3) is 27.2. The van der Waals surface area contributed by atoms with Crippen LogP contribution in [-0.4, -0.2) is 67.9 Å². The minimum absolute atomic E-state index is 0. The van der Waals surface area contributed by atoms with Crippen LogP contribution in [0.1, 0.15) is 166 Å². The fourth-order valence-corrected chi connectivity index (χ4v) is 21.5. The maximum absolute atomic E-state index is 2.35. The predicted molar refractivity (Wildman–Crippen MR) is 209 cm³/mol. The molecule has 0 rings (SSSR count). The summed E-state index contributed by atoms with van der Waals surface area (Å²) in [5.74, 6) is 0. The van der Waals surface area contributed by atoms with Gasteiger partial charge in [-0.1, -0.05) is 198 Å². The zero-order valence-corrected chi connectivity index (χ0v) is 38.4. The zero-order valence-electron chi connectivity index (χ0n) is 33.1. The van der Waals surface area contributed by atoms with Gasteiger partial charge in [-0.3, -0.25) is 0 Å². The summed E-state index contributed by atoms with van der Waals surface area (Å²) in [6, 6.07) is 0. The van der Waals surface area contributed by atoms with Gasteiger partial charge in [0.25, 0.3) is 0 Å². The fourth-order valence-electron chi connectivity index (χ4n) is 7.16. The van der Waals surface area contributed by atoms with Crippen LogP contribution in [0, 0.1) is 0 Å². The van der Waals surface area contributed by atoms with Gasteiger partial charge < -0.3 is 0 Å². The van der Waals surface area contributed by atoms with Crippen molar-refractivity contribution in [1.29, 1.82) is 0 Å². The van der Waals surface area contributed by atoms with Crippen molar-refractivity contribution >= 4 is 31.7 Å². The second-order valence-corrected chi connectivity index (χ2v) is 30.9. The van der Waals surface area contributed by atoms with E-state index >= 15 is 0 Å². The minimum atomic E-state index is 0. The Kier molecular flexibility index (Phi) is 36.8. The Morgan fingerprint density at radius 1 is 0.171 bits per heavy atom. The normalized spacial score (nSPS) is 12.3. The van der Waals surface area contributed by atoms with Gasteiger partial charge in [-0.25, -0.2) is 0 Å². The van der Waals surface area contributed by atoms with Crippen LogP contribution in [0.5, 0.6) is 0 Å². The minimum Gasteiger partial charge on any atom is -0.0988 e. The Bertz CT molecular complexity index is 366. The van der Waals surface area contributed by atoms with E-state index in [0.29, 0.717) is 0 Å². The molecular formula is C36H84P4Ru. The average Bonchev–Trinajstić information content (AvgIpc) is 2.64. The summed E-state index contributed by atoms with van der Waals surface area (Å²) in [6.45, 7) is 56.5. The van der Waals surface area contributed by atoms with Crippen molar-refractivity contribution in [2.45, 2.75) is 234 Å². The van der Waals surface area contributed by atoms with Crippen LogP contribution in [0.3, 0.4) is 0 Å². The van der Waals surface area contributed by atoms with Crippen LogP contribution in [0.2, 0.25) is 0 Å². The Morgan fingerprint density at radius 2 is 0.220 bits per heavy atom. The van der Waals surface area contributed by atoms with Crippen molar-refractivity contribution in [3.63, 3.8) is 0 Å². The van der Waals surface area contributed by atoms with Gasteiger partial charge in [0.2, 0.25) is 0 Å². The standard InChI is InChI=1S/4C9H21P.Ru/c4*1-7(2)10(8(3)4)9(5)6;/h4*7-9H,1-6H3;. The first-order valence-corrected chi connectivity index (χ1v) is 23.2. The molecule has 0 radical (unpaired) electrons. The van der Waals surface area contributed by atoms with Gasteiger partial charge in [-0.15, -0.1) is 0 Å². The summed E-state index contributed by atoms with van der Waals surface area (Å²) in [7, 11) is 1.05. The van der Waals surface area contributed by atoms with Crippen LogP contribution >= 0.6 is 31.7 Å². The van der Waals surface area contributed by atoms with Crippen LogP contribution in [0.25, 0.3) is 0 Å². The average molecular weight is 742 g/mol. The Hall–Kier alpha value is 2.34. The molecule has 0 saturated heterocycles. The summed E-state index contributed by atoms with van der Waals surface area (Å²) < 4.78 is 0. The largest absolute Gasteiger partial charge is 0.0988 e. The van der Waals surface area contributed by atoms with E-state index in [2.05, 4.69) is 166 Å². The van der Waals surface area contributed by atoms with Gasteiger partial charge in [0.05, 0.1) is 0 Å². The molecule has 5 heteroatoms. The summed E-state index contributed by atoms with van der Waals surface area (Å²) >= 11 is 0. The van der Waals surface area contributed by atoms with E-state index < -0.39 is 0 Å². The first-order chi connectivity index (χ1) is 17.9. The first kappa shape index (κ1) is 52.9. The van der Waals surface area contributed by atoms with Gasteiger partial charge in [0.15, 0.2) is 0 Å². The van der Waals surface area contributed by atoms with Crippen molar-refractivity contribution in [2.75, 3.05) is 0 Å². The molecule has 0 aliphatic heterocycles. The van der Waals surface area contributed by atoms with E-state index in [1.807, 2.05) is 0 Å². The van der Waals surface area contributed by atoms with Gasteiger partial charge in [-0.05, 0) is 67.9 Å². The molecule has 0 saturated carbocycles. The van der Waals surface area contributed by atoms with E-state index in [1.54, 1.807) is 0 Å². The summed E-state index contributed by atoms with van der Waals surface area (Å²) in [4.78, 5) is 0. The van der Waals surface area contributed by atoms with Gasteiger partial charge >= 0.3 is 0 Å². The third-order valence-electron chi connectivity index (χ3n) is 7.16. The van der Waals surface area contributed by atoms with Crippen molar-refractivity contribution < 1.29 is 19.5 Å². The smallest absolute Gasteiger partial charge is 0 e. The molecule has 0 fully saturated rings. The molecule has 0 amide bonds. The molecule has 41 heavy (non-hydrogen) atoms. The molecule has 0 atom stereocenters. The molecule has 0 N–H and O–H groups in total. The van der Waals surface area contributed by atoms with Crippen molar-refractivity contribution in [1.82, 2.24) is 0 Å². The molecule has 0 bridgehead atoms. The number of hydrogen-bond acceptors (Lipinski definition) is 0. The van der Waals surface area contributed by atoms with E-state index in [4.69, 9.17) is 0 Å². The quantitative estimate of drug-likeness (QED) is 0.138. The Morgan fingerprint density at radius 3 is 0.220 bits per heavy atom. The van der Waals surface area contributed by atoms with Crippen LogP contribution in [0.15, 0.2) is 0 Å². The summed E-state index contributed by atoms with van der Waals surface area (Å²) in [5.41, 5.74) is 10.8. The molecule has 0 aliphatic carbocycles. The second kappa shape index (κ2) is 28.6. The molecule has 256 valence electrons. The molecule has 0 aromatic rings. The monoisotopic (exact) mass is 742 g/mol. The molecule has 0 aliphatic rings. The molecule has 0 heterocycles. The molecule has 0 spiro atoms. The first-order valence-electron chi connectivity index (χ1n) is 17.0. The summed E-state index contributed by atoms with van der Waals surface area (Å²) in [5, 5.41) is 0. The second-order valence-electron chi connectivity index (χ2n) is 14.9. The molecule has 0 nitrogen and oxygen atoms in total. The number of hydrogen-bond donors (Lipinski definition) is 0. The van der Waals surface area contributed by atoms with Crippen molar-refractivity contribution in [3.05, 3.63) is 0 Å². The van der Waals surface area contributed by atoms with Crippen molar-refractivity contribution in [3.8, 4) is 0 Å². The van der Waals surface area contributed by atoms with E-state index in [0.717, 1.165) is 67.9 Å². The molecule has 0 unspecified atom stereocenters. The van der Waals surface area contributed by atoms with E-state index in [9.17, 15) is 0 Å². The van der Waals surface area contributed by atoms with Crippen molar-refractivity contribution in [2.24, 2.45) is 0 Å². The predicted octanol–water partition coefficient (Wildman–Crippen LogP) is 14.8.